The lowest BCUT2D eigenvalue weighted by atomic mass is 10.2. The van der Waals surface area contributed by atoms with Crippen LogP contribution in [0.3, 0.4) is 0 Å². The molecular formula is C7H11ClO2S2. The van der Waals surface area contributed by atoms with Gasteiger partial charge in [0.2, 0.25) is 0 Å². The summed E-state index contributed by atoms with van der Waals surface area (Å²) in [6.45, 7) is 3.46. The molecule has 0 aromatic heterocycles. The topological polar surface area (TPSA) is 34.1 Å². The molecule has 2 nitrogen and oxygen atoms in total. The molecular weight excluding hydrogens is 216 g/mol. The molecule has 1 aliphatic heterocycles. The average molecular weight is 227 g/mol. The van der Waals surface area contributed by atoms with Gasteiger partial charge in [0.1, 0.15) is 0 Å². The van der Waals surface area contributed by atoms with E-state index < -0.39 is 9.05 Å². The zero-order valence-electron chi connectivity index (χ0n) is 6.62. The third-order valence-electron chi connectivity index (χ3n) is 1.82. The lowest BCUT2D eigenvalue weighted by molar-refractivity contribution is 0.612. The van der Waals surface area contributed by atoms with Crippen molar-refractivity contribution in [2.75, 3.05) is 5.75 Å². The molecule has 1 aliphatic rings. The molecule has 1 saturated heterocycles. The predicted molar refractivity (Wildman–Crippen MR) is 54.0 cm³/mol. The van der Waals surface area contributed by atoms with Gasteiger partial charge in [0.05, 0.1) is 4.91 Å². The van der Waals surface area contributed by atoms with Crippen LogP contribution in [-0.2, 0) is 9.05 Å². The Bertz CT molecular complexity index is 265. The second-order valence-electron chi connectivity index (χ2n) is 2.82. The summed E-state index contributed by atoms with van der Waals surface area (Å²) in [5.41, 5.74) is 0. The Labute approximate surface area is 81.8 Å². The van der Waals surface area contributed by atoms with Gasteiger partial charge in [0.25, 0.3) is 9.05 Å². The van der Waals surface area contributed by atoms with E-state index in [1.54, 1.807) is 11.8 Å². The first-order valence-corrected chi connectivity index (χ1v) is 7.10. The van der Waals surface area contributed by atoms with Crippen molar-refractivity contribution in [1.82, 2.24) is 0 Å². The summed E-state index contributed by atoms with van der Waals surface area (Å²) in [6, 6.07) is 0. The minimum absolute atomic E-state index is 0.156. The lowest BCUT2D eigenvalue weighted by Gasteiger charge is -2.07. The monoisotopic (exact) mass is 226 g/mol. The van der Waals surface area contributed by atoms with Crippen LogP contribution in [0.15, 0.2) is 11.5 Å². The normalized spacial score (nSPS) is 24.2. The summed E-state index contributed by atoms with van der Waals surface area (Å²) < 4.78 is 21.6. The Morgan fingerprint density at radius 1 is 1.67 bits per heavy atom. The van der Waals surface area contributed by atoms with E-state index in [9.17, 15) is 8.42 Å². The number of halogens is 1. The fourth-order valence-corrected chi connectivity index (χ4v) is 3.17. The quantitative estimate of drug-likeness (QED) is 0.693. The van der Waals surface area contributed by atoms with E-state index in [1.165, 1.54) is 6.42 Å². The summed E-state index contributed by atoms with van der Waals surface area (Å²) in [5, 5.41) is 0.408. The Morgan fingerprint density at radius 3 is 2.75 bits per heavy atom. The summed E-state index contributed by atoms with van der Waals surface area (Å²) >= 11 is 1.80. The SMILES string of the molecule is C=C(CC1CCCS1)S(=O)(=O)Cl. The Morgan fingerprint density at radius 2 is 2.33 bits per heavy atom. The number of hydrogen-bond donors (Lipinski definition) is 0. The molecule has 5 heteroatoms. The van der Waals surface area contributed by atoms with Crippen molar-refractivity contribution < 1.29 is 8.42 Å². The molecule has 0 aromatic carbocycles. The van der Waals surface area contributed by atoms with Gasteiger partial charge in [0.15, 0.2) is 0 Å². The van der Waals surface area contributed by atoms with Crippen LogP contribution in [0.1, 0.15) is 19.3 Å². The first-order valence-electron chi connectivity index (χ1n) is 3.74. The van der Waals surface area contributed by atoms with Gasteiger partial charge in [-0.15, -0.1) is 0 Å². The fourth-order valence-electron chi connectivity index (χ4n) is 1.16. The van der Waals surface area contributed by atoms with E-state index >= 15 is 0 Å². The van der Waals surface area contributed by atoms with Crippen molar-refractivity contribution in [3.63, 3.8) is 0 Å². The molecule has 1 rings (SSSR count). The van der Waals surface area contributed by atoms with Gasteiger partial charge in [-0.25, -0.2) is 8.42 Å². The van der Waals surface area contributed by atoms with Crippen LogP contribution in [0.4, 0.5) is 0 Å². The van der Waals surface area contributed by atoms with Gasteiger partial charge in [-0.3, -0.25) is 0 Å². The van der Waals surface area contributed by atoms with Crippen molar-refractivity contribution in [2.45, 2.75) is 24.5 Å². The molecule has 1 fully saturated rings. The van der Waals surface area contributed by atoms with E-state index in [0.717, 1.165) is 12.2 Å². The van der Waals surface area contributed by atoms with Gasteiger partial charge in [0, 0.05) is 15.9 Å². The van der Waals surface area contributed by atoms with Gasteiger partial charge in [-0.05, 0) is 25.0 Å². The highest BCUT2D eigenvalue weighted by molar-refractivity contribution is 8.16. The molecule has 1 heterocycles. The molecule has 0 aromatic rings. The van der Waals surface area contributed by atoms with Crippen LogP contribution in [0, 0.1) is 0 Å². The number of thioether (sulfide) groups is 1. The Hall–Kier alpha value is 0.330. The molecule has 0 saturated carbocycles. The highest BCUT2D eigenvalue weighted by atomic mass is 35.7. The van der Waals surface area contributed by atoms with Gasteiger partial charge in [-0.2, -0.15) is 11.8 Å². The summed E-state index contributed by atoms with van der Waals surface area (Å²) in [4.78, 5) is 0.156. The van der Waals surface area contributed by atoms with Crippen LogP contribution in [-0.4, -0.2) is 19.4 Å². The van der Waals surface area contributed by atoms with Crippen LogP contribution in [0.2, 0.25) is 0 Å². The minimum atomic E-state index is -3.53. The van der Waals surface area contributed by atoms with E-state index in [-0.39, 0.29) is 4.91 Å². The highest BCUT2D eigenvalue weighted by Crippen LogP contribution is 2.32. The molecule has 70 valence electrons. The van der Waals surface area contributed by atoms with Gasteiger partial charge in [-0.1, -0.05) is 6.58 Å². The second kappa shape index (κ2) is 4.03. The summed E-state index contributed by atoms with van der Waals surface area (Å²) in [5.74, 6) is 1.13. The van der Waals surface area contributed by atoms with E-state index in [1.807, 2.05) is 0 Å². The fraction of sp³-hybridized carbons (Fsp3) is 0.714. The highest BCUT2D eigenvalue weighted by Gasteiger charge is 2.21. The molecule has 12 heavy (non-hydrogen) atoms. The van der Waals surface area contributed by atoms with Crippen molar-refractivity contribution in [2.24, 2.45) is 0 Å². The first kappa shape index (κ1) is 10.4. The molecule has 0 N–H and O–H groups in total. The van der Waals surface area contributed by atoms with Crippen LogP contribution >= 0.6 is 22.4 Å². The third kappa shape index (κ3) is 2.99. The van der Waals surface area contributed by atoms with Gasteiger partial charge < -0.3 is 0 Å². The number of hydrogen-bond acceptors (Lipinski definition) is 3. The number of allylic oxidation sites excluding steroid dienone is 1. The maximum atomic E-state index is 10.8. The van der Waals surface area contributed by atoms with Crippen LogP contribution < -0.4 is 0 Å². The van der Waals surface area contributed by atoms with Gasteiger partial charge >= 0.3 is 0 Å². The molecule has 0 radical (unpaired) electrons. The van der Waals surface area contributed by atoms with Crippen LogP contribution in [0.25, 0.3) is 0 Å². The van der Waals surface area contributed by atoms with E-state index in [2.05, 4.69) is 6.58 Å². The molecule has 0 spiro atoms. The molecule has 1 unspecified atom stereocenters. The summed E-state index contributed by atoms with van der Waals surface area (Å²) in [6.07, 6.45) is 2.76. The van der Waals surface area contributed by atoms with E-state index in [0.29, 0.717) is 11.7 Å². The minimum Gasteiger partial charge on any atom is -0.207 e. The zero-order chi connectivity index (χ0) is 9.19. The van der Waals surface area contributed by atoms with Crippen molar-refractivity contribution in [1.29, 1.82) is 0 Å². The third-order valence-corrected chi connectivity index (χ3v) is 4.73. The molecule has 0 bridgehead atoms. The van der Waals surface area contributed by atoms with Crippen molar-refractivity contribution >= 4 is 31.5 Å². The molecule has 0 aliphatic carbocycles. The zero-order valence-corrected chi connectivity index (χ0v) is 9.01. The lowest BCUT2D eigenvalue weighted by Crippen LogP contribution is -2.02. The first-order chi connectivity index (χ1) is 5.50. The molecule has 1 atom stereocenters. The maximum Gasteiger partial charge on any atom is 0.256 e. The molecule has 0 amide bonds. The van der Waals surface area contributed by atoms with Crippen LogP contribution in [0.5, 0.6) is 0 Å². The maximum absolute atomic E-state index is 10.8. The average Bonchev–Trinajstić information content (AvgIpc) is 2.37. The van der Waals surface area contributed by atoms with Crippen molar-refractivity contribution in [3.05, 3.63) is 11.5 Å². The second-order valence-corrected chi connectivity index (χ2v) is 6.90. The number of rotatable bonds is 3. The largest absolute Gasteiger partial charge is 0.256 e. The smallest absolute Gasteiger partial charge is 0.207 e. The standard InChI is InChI=1S/C7H11ClO2S2/c1-6(12(8,9)10)5-7-3-2-4-11-7/h7H,1-5H2. The Balaban J connectivity index is 2.46. The predicted octanol–water partition coefficient (Wildman–Crippen LogP) is 2.35. The summed E-state index contributed by atoms with van der Waals surface area (Å²) in [7, 11) is 1.60. The Kier molecular flexibility index (Phi) is 3.49. The van der Waals surface area contributed by atoms with Crippen molar-refractivity contribution in [3.8, 4) is 0 Å². The van der Waals surface area contributed by atoms with E-state index in [4.69, 9.17) is 10.7 Å².